The van der Waals surface area contributed by atoms with Crippen molar-refractivity contribution in [3.8, 4) is 0 Å². The third kappa shape index (κ3) is 6.78. The molecule has 0 spiro atoms. The summed E-state index contributed by atoms with van der Waals surface area (Å²) in [4.78, 5) is 13.7. The summed E-state index contributed by atoms with van der Waals surface area (Å²) in [6.07, 6.45) is 1.85. The normalized spacial score (nSPS) is 14.4. The number of nitrogens with zero attached hydrogens (tertiary/aromatic N) is 4. The van der Waals surface area contributed by atoms with Crippen molar-refractivity contribution in [1.29, 1.82) is 0 Å². The van der Waals surface area contributed by atoms with Crippen molar-refractivity contribution < 1.29 is 23.2 Å². The first-order valence-electron chi connectivity index (χ1n) is 8.18. The topological polar surface area (TPSA) is 61.6 Å². The molecule has 0 aromatic carbocycles. The van der Waals surface area contributed by atoms with E-state index < -0.39 is 12.6 Å². The minimum absolute atomic E-state index is 0.0430. The van der Waals surface area contributed by atoms with Crippen molar-refractivity contribution >= 4 is 40.7 Å². The molecule has 0 saturated carbocycles. The second kappa shape index (κ2) is 9.52. The third-order valence-corrected chi connectivity index (χ3v) is 5.06. The van der Waals surface area contributed by atoms with Crippen LogP contribution in [0.15, 0.2) is 24.5 Å². The monoisotopic (exact) mass is 424 g/mol. The Kier molecular flexibility index (Phi) is 7.63. The van der Waals surface area contributed by atoms with Crippen LogP contribution in [0.1, 0.15) is 19.3 Å². The Labute approximate surface area is 164 Å². The Morgan fingerprint density at radius 1 is 1.44 bits per heavy atom. The fourth-order valence-electron chi connectivity index (χ4n) is 2.30. The lowest BCUT2D eigenvalue weighted by Crippen LogP contribution is -2.26. The molecule has 0 atom stereocenters. The van der Waals surface area contributed by atoms with E-state index in [0.717, 1.165) is 5.06 Å². The van der Waals surface area contributed by atoms with E-state index >= 15 is 0 Å². The van der Waals surface area contributed by atoms with Crippen molar-refractivity contribution in [3.63, 3.8) is 0 Å². The quantitative estimate of drug-likeness (QED) is 0.638. The summed E-state index contributed by atoms with van der Waals surface area (Å²) >= 11 is 7.43. The van der Waals surface area contributed by atoms with E-state index in [9.17, 15) is 23.2 Å². The molecule has 2 heterocycles. The van der Waals surface area contributed by atoms with Crippen LogP contribution in [0.25, 0.3) is 5.70 Å². The van der Waals surface area contributed by atoms with E-state index in [2.05, 4.69) is 5.10 Å². The largest absolute Gasteiger partial charge is 0.389 e. The highest BCUT2D eigenvalue weighted by Crippen LogP contribution is 2.27. The number of rotatable bonds is 8. The number of thioether (sulfide) groups is 1. The van der Waals surface area contributed by atoms with Crippen LogP contribution in [0.4, 0.5) is 18.9 Å². The molecule has 0 aliphatic carbocycles. The van der Waals surface area contributed by atoms with Crippen LogP contribution in [0, 0.1) is 0 Å². The maximum atomic E-state index is 12.3. The SMILES string of the molecule is CN(C(=O)CCSCCCC(F)(F)F)c1cn(C2=CN(O)CC=C2)nc1Cl. The molecule has 1 aliphatic rings. The number of anilines is 1. The number of carbonyl (C=O) groups is 1. The van der Waals surface area contributed by atoms with Crippen LogP contribution in [0.5, 0.6) is 0 Å². The summed E-state index contributed by atoms with van der Waals surface area (Å²) < 4.78 is 37.7. The lowest BCUT2D eigenvalue weighted by molar-refractivity contribution is -0.134. The van der Waals surface area contributed by atoms with Crippen molar-refractivity contribution in [2.24, 2.45) is 0 Å². The van der Waals surface area contributed by atoms with E-state index in [-0.39, 0.29) is 23.9 Å². The van der Waals surface area contributed by atoms with Gasteiger partial charge in [-0.1, -0.05) is 17.7 Å². The molecule has 150 valence electrons. The predicted molar refractivity (Wildman–Crippen MR) is 99.8 cm³/mol. The molecular weight excluding hydrogens is 405 g/mol. The average Bonchev–Trinajstić information content (AvgIpc) is 2.98. The van der Waals surface area contributed by atoms with Gasteiger partial charge in [0.2, 0.25) is 5.91 Å². The van der Waals surface area contributed by atoms with Gasteiger partial charge in [-0.3, -0.25) is 15.1 Å². The molecule has 0 fully saturated rings. The molecule has 0 unspecified atom stereocenters. The van der Waals surface area contributed by atoms with Gasteiger partial charge < -0.3 is 4.90 Å². The molecular formula is C16H20ClF3N4O2S. The van der Waals surface area contributed by atoms with Crippen LogP contribution in [0.2, 0.25) is 5.15 Å². The van der Waals surface area contributed by atoms with E-state index in [1.54, 1.807) is 25.4 Å². The highest BCUT2D eigenvalue weighted by molar-refractivity contribution is 7.99. The van der Waals surface area contributed by atoms with Crippen LogP contribution >= 0.6 is 23.4 Å². The summed E-state index contributed by atoms with van der Waals surface area (Å²) in [6.45, 7) is 0.365. The third-order valence-electron chi connectivity index (χ3n) is 3.72. The number of halogens is 4. The predicted octanol–water partition coefficient (Wildman–Crippen LogP) is 4.02. The zero-order valence-electron chi connectivity index (χ0n) is 14.6. The summed E-state index contributed by atoms with van der Waals surface area (Å²) in [5.41, 5.74) is 0.992. The highest BCUT2D eigenvalue weighted by Gasteiger charge is 2.26. The molecule has 27 heavy (non-hydrogen) atoms. The van der Waals surface area contributed by atoms with Gasteiger partial charge in [-0.15, -0.1) is 0 Å². The minimum atomic E-state index is -4.14. The van der Waals surface area contributed by atoms with Crippen molar-refractivity contribution in [3.05, 3.63) is 29.7 Å². The Balaban J connectivity index is 1.85. The first-order valence-corrected chi connectivity index (χ1v) is 9.71. The zero-order valence-corrected chi connectivity index (χ0v) is 16.2. The van der Waals surface area contributed by atoms with Crippen LogP contribution < -0.4 is 4.90 Å². The molecule has 6 nitrogen and oxygen atoms in total. The number of carbonyl (C=O) groups excluding carboxylic acids is 1. The smallest absolute Gasteiger partial charge is 0.311 e. The summed E-state index contributed by atoms with van der Waals surface area (Å²) in [6, 6.07) is 0. The molecule has 1 amide bonds. The zero-order chi connectivity index (χ0) is 20.0. The first kappa shape index (κ1) is 21.6. The lowest BCUT2D eigenvalue weighted by atomic mass is 10.3. The fraction of sp³-hybridized carbons (Fsp3) is 0.500. The number of hydrogen-bond donors (Lipinski definition) is 1. The molecule has 11 heteroatoms. The van der Waals surface area contributed by atoms with Gasteiger partial charge in [0.1, 0.15) is 5.69 Å². The van der Waals surface area contributed by atoms with Crippen molar-refractivity contribution in [1.82, 2.24) is 14.8 Å². The van der Waals surface area contributed by atoms with Crippen LogP contribution in [0.3, 0.4) is 0 Å². The minimum Gasteiger partial charge on any atom is -0.311 e. The highest BCUT2D eigenvalue weighted by atomic mass is 35.5. The average molecular weight is 425 g/mol. The van der Waals surface area contributed by atoms with E-state index in [0.29, 0.717) is 29.4 Å². The van der Waals surface area contributed by atoms with Gasteiger partial charge in [0.05, 0.1) is 24.6 Å². The molecule has 1 aliphatic heterocycles. The summed E-state index contributed by atoms with van der Waals surface area (Å²) in [5.74, 6) is 0.574. The number of allylic oxidation sites excluding steroid dienone is 2. The van der Waals surface area contributed by atoms with Gasteiger partial charge in [0.15, 0.2) is 5.15 Å². The Morgan fingerprint density at radius 3 is 2.85 bits per heavy atom. The first-order chi connectivity index (χ1) is 12.7. The fourth-order valence-corrected chi connectivity index (χ4v) is 3.43. The maximum Gasteiger partial charge on any atom is 0.389 e. The van der Waals surface area contributed by atoms with Crippen LogP contribution in [-0.2, 0) is 4.79 Å². The molecule has 1 aromatic rings. The molecule has 2 rings (SSSR count). The van der Waals surface area contributed by atoms with E-state index in [1.807, 2.05) is 0 Å². The number of hydrogen-bond acceptors (Lipinski definition) is 5. The lowest BCUT2D eigenvalue weighted by Gasteiger charge is -2.16. The second-order valence-corrected chi connectivity index (χ2v) is 7.44. The maximum absolute atomic E-state index is 12.3. The Hall–Kier alpha value is -1.65. The Bertz CT molecular complexity index is 721. The summed E-state index contributed by atoms with van der Waals surface area (Å²) in [5, 5.41) is 14.8. The number of alkyl halides is 3. The standard InChI is InChI=1S/C16H20ClF3N4O2S/c1-22(14(25)5-9-27-8-3-6-16(18,19)20)13-11-24(21-15(13)17)12-4-2-7-23(26)10-12/h2,4,10-11,26H,3,5-9H2,1H3. The molecule has 0 bridgehead atoms. The molecule has 1 aromatic heterocycles. The summed E-state index contributed by atoms with van der Waals surface area (Å²) in [7, 11) is 1.56. The Morgan fingerprint density at radius 2 is 2.19 bits per heavy atom. The number of amides is 1. The second-order valence-electron chi connectivity index (χ2n) is 5.86. The van der Waals surface area contributed by atoms with Gasteiger partial charge in [-0.05, 0) is 18.2 Å². The molecule has 0 radical (unpaired) electrons. The van der Waals surface area contributed by atoms with Gasteiger partial charge in [-0.2, -0.15) is 30.0 Å². The van der Waals surface area contributed by atoms with Gasteiger partial charge >= 0.3 is 6.18 Å². The molecule has 1 N–H and O–H groups in total. The number of hydroxylamine groups is 2. The van der Waals surface area contributed by atoms with Gasteiger partial charge in [-0.25, -0.2) is 4.68 Å². The van der Waals surface area contributed by atoms with E-state index in [1.165, 1.54) is 27.5 Å². The van der Waals surface area contributed by atoms with Crippen molar-refractivity contribution in [2.45, 2.75) is 25.4 Å². The van der Waals surface area contributed by atoms with Crippen molar-refractivity contribution in [2.75, 3.05) is 30.0 Å². The van der Waals surface area contributed by atoms with Crippen LogP contribution in [-0.4, -0.2) is 57.2 Å². The van der Waals surface area contributed by atoms with Gasteiger partial charge in [0, 0.05) is 25.6 Å². The molecule has 0 saturated heterocycles. The number of aromatic nitrogens is 2. The van der Waals surface area contributed by atoms with Gasteiger partial charge in [0.25, 0.3) is 0 Å². The van der Waals surface area contributed by atoms with E-state index in [4.69, 9.17) is 11.6 Å².